The summed E-state index contributed by atoms with van der Waals surface area (Å²) in [6.45, 7) is 8.38. The lowest BCUT2D eigenvalue weighted by Gasteiger charge is -2.43. The van der Waals surface area contributed by atoms with Crippen LogP contribution < -0.4 is 10.2 Å². The summed E-state index contributed by atoms with van der Waals surface area (Å²) < 4.78 is 51.3. The molecular formula is C30H33F3N4O5. The molecule has 2 aromatic carbocycles. The predicted octanol–water partition coefficient (Wildman–Crippen LogP) is 6.31. The van der Waals surface area contributed by atoms with Gasteiger partial charge in [0.05, 0.1) is 41.1 Å². The summed E-state index contributed by atoms with van der Waals surface area (Å²) in [6.07, 6.45) is -5.08. The number of rotatable bonds is 8. The summed E-state index contributed by atoms with van der Waals surface area (Å²) >= 11 is 0. The Balaban J connectivity index is 2.10. The van der Waals surface area contributed by atoms with E-state index in [9.17, 15) is 32.8 Å². The largest absolute Gasteiger partial charge is 0.463 e. The average molecular weight is 587 g/mol. The molecule has 0 spiro atoms. The summed E-state index contributed by atoms with van der Waals surface area (Å²) in [6, 6.07) is 10.9. The summed E-state index contributed by atoms with van der Waals surface area (Å²) in [5, 5.41) is 11.9. The van der Waals surface area contributed by atoms with Crippen molar-refractivity contribution in [3.63, 3.8) is 0 Å². The molecule has 0 saturated carbocycles. The van der Waals surface area contributed by atoms with Crippen molar-refractivity contribution in [2.75, 3.05) is 24.6 Å². The lowest BCUT2D eigenvalue weighted by atomic mass is 9.92. The molecule has 1 aliphatic rings. The van der Waals surface area contributed by atoms with Gasteiger partial charge in [-0.1, -0.05) is 18.2 Å². The number of halogens is 3. The van der Waals surface area contributed by atoms with Crippen LogP contribution in [-0.4, -0.2) is 48.3 Å². The van der Waals surface area contributed by atoms with Crippen LogP contribution >= 0.6 is 0 Å². The van der Waals surface area contributed by atoms with Crippen molar-refractivity contribution in [3.8, 4) is 6.07 Å². The number of benzene rings is 2. The number of anilines is 1. The van der Waals surface area contributed by atoms with Crippen LogP contribution in [0.5, 0.6) is 0 Å². The number of nitrogens with one attached hydrogen (secondary N) is 1. The van der Waals surface area contributed by atoms with Gasteiger partial charge in [0.1, 0.15) is 5.60 Å². The van der Waals surface area contributed by atoms with Crippen molar-refractivity contribution in [2.45, 2.75) is 58.9 Å². The van der Waals surface area contributed by atoms with E-state index in [1.54, 1.807) is 52.0 Å². The molecule has 3 amide bonds. The number of alkyl carbamates (subject to hydrolysis) is 1. The SMILES string of the molecule is CCOC(=O)C1=C(C)N(c2cccc(C(F)(F)F)c2)C(=O)N(CCCNC(=O)OC(C)(C)C)[C@@H]1c1ccc(C#N)cc1. The first kappa shape index (κ1) is 32.0. The third-order valence-electron chi connectivity index (χ3n) is 6.27. The molecule has 12 heteroatoms. The van der Waals surface area contributed by atoms with Crippen LogP contribution in [0.15, 0.2) is 59.8 Å². The predicted molar refractivity (Wildman–Crippen MR) is 148 cm³/mol. The molecule has 9 nitrogen and oxygen atoms in total. The molecule has 0 aromatic heterocycles. The molecule has 3 rings (SSSR count). The molecule has 0 unspecified atom stereocenters. The van der Waals surface area contributed by atoms with E-state index in [1.807, 2.05) is 6.07 Å². The normalized spacial score (nSPS) is 15.8. The second-order valence-corrected chi connectivity index (χ2v) is 10.5. The van der Waals surface area contributed by atoms with Crippen LogP contribution in [0.25, 0.3) is 0 Å². The number of allylic oxidation sites excluding steroid dienone is 1. The fourth-order valence-electron chi connectivity index (χ4n) is 4.52. The standard InChI is InChI=1S/C30H33F3N4O5/c1-6-41-26(38)24-19(2)37(23-10-7-9-22(17-23)30(31,32)33)28(40)36(16-8-15-35-27(39)42-29(3,4)5)25(24)21-13-11-20(18-34)12-14-21/h7,9-14,17,25H,6,8,15-16H2,1-5H3,(H,35,39)/t25-/m1/s1. The van der Waals surface area contributed by atoms with Crippen molar-refractivity contribution < 1.29 is 37.0 Å². The minimum atomic E-state index is -4.66. The molecule has 1 N–H and O–H groups in total. The first-order valence-corrected chi connectivity index (χ1v) is 13.3. The number of amides is 3. The molecule has 1 heterocycles. The Kier molecular flexibility index (Phi) is 9.88. The van der Waals surface area contributed by atoms with Gasteiger partial charge in [0, 0.05) is 18.8 Å². The zero-order valence-corrected chi connectivity index (χ0v) is 24.0. The summed E-state index contributed by atoms with van der Waals surface area (Å²) in [4.78, 5) is 42.0. The number of nitrogens with zero attached hydrogens (tertiary/aromatic N) is 3. The van der Waals surface area contributed by atoms with Crippen LogP contribution in [0.1, 0.15) is 63.8 Å². The molecule has 1 aliphatic heterocycles. The van der Waals surface area contributed by atoms with E-state index in [0.29, 0.717) is 11.1 Å². The van der Waals surface area contributed by atoms with Gasteiger partial charge < -0.3 is 19.7 Å². The number of alkyl halides is 3. The zero-order chi connectivity index (χ0) is 31.2. The Morgan fingerprint density at radius 2 is 1.76 bits per heavy atom. The zero-order valence-electron chi connectivity index (χ0n) is 24.0. The molecule has 42 heavy (non-hydrogen) atoms. The van der Waals surface area contributed by atoms with Gasteiger partial charge in [-0.25, -0.2) is 14.4 Å². The lowest BCUT2D eigenvalue weighted by Crippen LogP contribution is -2.51. The Labute approximate surface area is 242 Å². The number of hydrogen-bond acceptors (Lipinski definition) is 6. The molecule has 224 valence electrons. The first-order valence-electron chi connectivity index (χ1n) is 13.3. The van der Waals surface area contributed by atoms with Crippen molar-refractivity contribution in [2.24, 2.45) is 0 Å². The molecule has 2 aromatic rings. The summed E-state index contributed by atoms with van der Waals surface area (Å²) in [5.74, 6) is -0.745. The van der Waals surface area contributed by atoms with E-state index in [2.05, 4.69) is 5.32 Å². The number of urea groups is 1. The number of ether oxygens (including phenoxy) is 2. The monoisotopic (exact) mass is 586 g/mol. The minimum absolute atomic E-state index is 0.00491. The van der Waals surface area contributed by atoms with Crippen LogP contribution in [-0.2, 0) is 20.4 Å². The maximum atomic E-state index is 14.1. The summed E-state index contributed by atoms with van der Waals surface area (Å²) in [5.41, 5.74) is -0.735. The van der Waals surface area contributed by atoms with E-state index >= 15 is 0 Å². The van der Waals surface area contributed by atoms with Gasteiger partial charge >= 0.3 is 24.3 Å². The molecule has 0 aliphatic carbocycles. The number of carbonyl (C=O) groups is 3. The second-order valence-electron chi connectivity index (χ2n) is 10.5. The Morgan fingerprint density at radius 1 is 1.10 bits per heavy atom. The Bertz CT molecular complexity index is 1390. The van der Waals surface area contributed by atoms with E-state index in [-0.39, 0.29) is 43.1 Å². The molecule has 0 radical (unpaired) electrons. The van der Waals surface area contributed by atoms with Crippen molar-refractivity contribution in [3.05, 3.63) is 76.5 Å². The van der Waals surface area contributed by atoms with Gasteiger partial charge in [0.15, 0.2) is 0 Å². The highest BCUT2D eigenvalue weighted by atomic mass is 19.4. The van der Waals surface area contributed by atoms with Gasteiger partial charge in [0.2, 0.25) is 0 Å². The molecule has 1 atom stereocenters. The van der Waals surface area contributed by atoms with Crippen molar-refractivity contribution in [1.82, 2.24) is 10.2 Å². The number of esters is 1. The van der Waals surface area contributed by atoms with Crippen LogP contribution in [0.4, 0.5) is 28.4 Å². The topological polar surface area (TPSA) is 112 Å². The lowest BCUT2D eigenvalue weighted by molar-refractivity contribution is -0.139. The Hall–Kier alpha value is -4.53. The van der Waals surface area contributed by atoms with Gasteiger partial charge in [0.25, 0.3) is 0 Å². The van der Waals surface area contributed by atoms with E-state index in [1.165, 1.54) is 24.0 Å². The van der Waals surface area contributed by atoms with Crippen LogP contribution in [0.2, 0.25) is 0 Å². The third kappa shape index (κ3) is 7.60. The fraction of sp³-hybridized carbons (Fsp3) is 0.400. The highest BCUT2D eigenvalue weighted by Crippen LogP contribution is 2.41. The minimum Gasteiger partial charge on any atom is -0.463 e. The number of nitriles is 1. The molecular weight excluding hydrogens is 553 g/mol. The molecule has 0 fully saturated rings. The maximum Gasteiger partial charge on any atom is 0.416 e. The highest BCUT2D eigenvalue weighted by molar-refractivity contribution is 6.03. The maximum absolute atomic E-state index is 14.1. The Morgan fingerprint density at radius 3 is 2.33 bits per heavy atom. The van der Waals surface area contributed by atoms with Gasteiger partial charge in [-0.05, 0) is 76.9 Å². The number of carbonyl (C=O) groups excluding carboxylic acids is 3. The van der Waals surface area contributed by atoms with Gasteiger partial charge in [-0.3, -0.25) is 4.90 Å². The first-order chi connectivity index (χ1) is 19.7. The third-order valence-corrected chi connectivity index (χ3v) is 6.27. The van der Waals surface area contributed by atoms with Gasteiger partial charge in [-0.15, -0.1) is 0 Å². The van der Waals surface area contributed by atoms with E-state index in [4.69, 9.17) is 9.47 Å². The average Bonchev–Trinajstić information content (AvgIpc) is 2.90. The van der Waals surface area contributed by atoms with E-state index in [0.717, 1.165) is 17.0 Å². The number of hydrogen-bond donors (Lipinski definition) is 1. The van der Waals surface area contributed by atoms with E-state index < -0.39 is 41.5 Å². The van der Waals surface area contributed by atoms with Crippen LogP contribution in [0, 0.1) is 11.3 Å². The van der Waals surface area contributed by atoms with Crippen molar-refractivity contribution in [1.29, 1.82) is 5.26 Å². The van der Waals surface area contributed by atoms with Crippen LogP contribution in [0.3, 0.4) is 0 Å². The fourth-order valence-corrected chi connectivity index (χ4v) is 4.52. The quantitative estimate of drug-likeness (QED) is 0.287. The smallest absolute Gasteiger partial charge is 0.416 e. The highest BCUT2D eigenvalue weighted by Gasteiger charge is 2.43. The second kappa shape index (κ2) is 13.0. The summed E-state index contributed by atoms with van der Waals surface area (Å²) in [7, 11) is 0. The molecule has 0 bridgehead atoms. The molecule has 0 saturated heterocycles. The van der Waals surface area contributed by atoms with Crippen molar-refractivity contribution >= 4 is 23.8 Å². The van der Waals surface area contributed by atoms with Gasteiger partial charge in [-0.2, -0.15) is 18.4 Å².